The lowest BCUT2D eigenvalue weighted by Gasteiger charge is -2.44. The Hall–Kier alpha value is -3.15. The molecule has 6 heteroatoms. The molecule has 0 radical (unpaired) electrons. The first-order valence-electron chi connectivity index (χ1n) is 9.49. The minimum atomic E-state index is -0.532. The standard InChI is InChI=1S/C22H22N2O4/c25-18-14-22(28-19-9-5-4-8-17(18)19)10-12-24(13-11-22)20(26)15-23-21(27)16-6-2-1-3-7-16/h1-9H,10-15H2,(H,23,27). The van der Waals surface area contributed by atoms with Crippen molar-refractivity contribution in [3.63, 3.8) is 0 Å². The van der Waals surface area contributed by atoms with Gasteiger partial charge in [-0.2, -0.15) is 0 Å². The molecule has 2 heterocycles. The lowest BCUT2D eigenvalue weighted by atomic mass is 9.82. The average molecular weight is 378 g/mol. The van der Waals surface area contributed by atoms with E-state index in [1.54, 1.807) is 35.2 Å². The molecule has 144 valence electrons. The Morgan fingerprint density at radius 2 is 1.68 bits per heavy atom. The number of amides is 2. The number of carbonyl (C=O) groups excluding carboxylic acids is 3. The molecule has 1 N–H and O–H groups in total. The van der Waals surface area contributed by atoms with Gasteiger partial charge in [-0.1, -0.05) is 30.3 Å². The van der Waals surface area contributed by atoms with Crippen LogP contribution in [0.2, 0.25) is 0 Å². The fourth-order valence-corrected chi connectivity index (χ4v) is 3.84. The van der Waals surface area contributed by atoms with E-state index < -0.39 is 5.60 Å². The molecule has 4 rings (SSSR count). The van der Waals surface area contributed by atoms with E-state index in [0.29, 0.717) is 49.2 Å². The average Bonchev–Trinajstić information content (AvgIpc) is 2.73. The number of Topliss-reactive ketones (excluding diaryl/α,β-unsaturated/α-hetero) is 1. The van der Waals surface area contributed by atoms with Gasteiger partial charge < -0.3 is 15.0 Å². The largest absolute Gasteiger partial charge is 0.486 e. The first-order chi connectivity index (χ1) is 13.6. The zero-order valence-corrected chi connectivity index (χ0v) is 15.5. The van der Waals surface area contributed by atoms with Crippen LogP contribution in [0.4, 0.5) is 0 Å². The third kappa shape index (κ3) is 3.63. The summed E-state index contributed by atoms with van der Waals surface area (Å²) in [5.74, 6) is 0.340. The van der Waals surface area contributed by atoms with Crippen LogP contribution in [0.15, 0.2) is 54.6 Å². The number of hydrogen-bond acceptors (Lipinski definition) is 4. The van der Waals surface area contributed by atoms with E-state index in [-0.39, 0.29) is 24.1 Å². The summed E-state index contributed by atoms with van der Waals surface area (Å²) in [6, 6.07) is 16.1. The number of carbonyl (C=O) groups is 3. The van der Waals surface area contributed by atoms with E-state index in [0.717, 1.165) is 0 Å². The highest BCUT2D eigenvalue weighted by Crippen LogP contribution is 2.39. The molecule has 1 saturated heterocycles. The number of para-hydroxylation sites is 1. The van der Waals surface area contributed by atoms with Crippen molar-refractivity contribution in [3.05, 3.63) is 65.7 Å². The Morgan fingerprint density at radius 1 is 1.00 bits per heavy atom. The van der Waals surface area contributed by atoms with Gasteiger partial charge in [0.05, 0.1) is 18.5 Å². The maximum atomic E-state index is 12.5. The van der Waals surface area contributed by atoms with Gasteiger partial charge in [-0.3, -0.25) is 14.4 Å². The van der Waals surface area contributed by atoms with Gasteiger partial charge in [0, 0.05) is 31.5 Å². The smallest absolute Gasteiger partial charge is 0.251 e. The van der Waals surface area contributed by atoms with Crippen LogP contribution in [-0.4, -0.2) is 47.7 Å². The molecular weight excluding hydrogens is 356 g/mol. The molecule has 2 amide bonds. The van der Waals surface area contributed by atoms with E-state index in [2.05, 4.69) is 5.32 Å². The molecule has 2 aliphatic heterocycles. The molecule has 6 nitrogen and oxygen atoms in total. The fraction of sp³-hybridized carbons (Fsp3) is 0.318. The second kappa shape index (κ2) is 7.46. The molecule has 2 aromatic carbocycles. The summed E-state index contributed by atoms with van der Waals surface area (Å²) < 4.78 is 6.19. The van der Waals surface area contributed by atoms with Crippen molar-refractivity contribution < 1.29 is 19.1 Å². The Bertz CT molecular complexity index is 902. The molecule has 0 aliphatic carbocycles. The van der Waals surface area contributed by atoms with Crippen molar-refractivity contribution in [3.8, 4) is 5.75 Å². The first kappa shape index (κ1) is 18.2. The molecule has 2 aromatic rings. The van der Waals surface area contributed by atoms with Gasteiger partial charge in [-0.05, 0) is 24.3 Å². The van der Waals surface area contributed by atoms with Gasteiger partial charge in [-0.25, -0.2) is 0 Å². The van der Waals surface area contributed by atoms with Gasteiger partial charge in [0.1, 0.15) is 11.4 Å². The number of benzene rings is 2. The van der Waals surface area contributed by atoms with E-state index in [9.17, 15) is 14.4 Å². The Morgan fingerprint density at radius 3 is 2.43 bits per heavy atom. The van der Waals surface area contributed by atoms with E-state index in [4.69, 9.17) is 4.74 Å². The summed E-state index contributed by atoms with van der Waals surface area (Å²) in [5.41, 5.74) is 0.631. The minimum Gasteiger partial charge on any atom is -0.486 e. The van der Waals surface area contributed by atoms with Crippen LogP contribution in [0, 0.1) is 0 Å². The summed E-state index contributed by atoms with van der Waals surface area (Å²) >= 11 is 0. The van der Waals surface area contributed by atoms with Crippen LogP contribution >= 0.6 is 0 Å². The first-order valence-corrected chi connectivity index (χ1v) is 9.49. The van der Waals surface area contributed by atoms with Gasteiger partial charge in [0.2, 0.25) is 5.91 Å². The van der Waals surface area contributed by atoms with Gasteiger partial charge in [0.25, 0.3) is 5.91 Å². The molecule has 0 aromatic heterocycles. The van der Waals surface area contributed by atoms with Gasteiger partial charge in [-0.15, -0.1) is 0 Å². The number of ketones is 1. The normalized spacial score (nSPS) is 17.6. The molecule has 28 heavy (non-hydrogen) atoms. The number of rotatable bonds is 3. The molecule has 1 fully saturated rings. The summed E-state index contributed by atoms with van der Waals surface area (Å²) in [6.45, 7) is 0.980. The third-order valence-electron chi connectivity index (χ3n) is 5.46. The van der Waals surface area contributed by atoms with Crippen LogP contribution in [-0.2, 0) is 4.79 Å². The van der Waals surface area contributed by atoms with Crippen molar-refractivity contribution in [2.75, 3.05) is 19.6 Å². The molecular formula is C22H22N2O4. The number of hydrogen-bond donors (Lipinski definition) is 1. The van der Waals surface area contributed by atoms with Gasteiger partial charge in [0.15, 0.2) is 5.78 Å². The van der Waals surface area contributed by atoms with Crippen LogP contribution in [0.1, 0.15) is 40.0 Å². The molecule has 0 unspecified atom stereocenters. The molecule has 1 spiro atoms. The quantitative estimate of drug-likeness (QED) is 0.890. The Kier molecular flexibility index (Phi) is 4.86. The predicted molar refractivity (Wildman–Crippen MR) is 103 cm³/mol. The monoisotopic (exact) mass is 378 g/mol. The van der Waals surface area contributed by atoms with Crippen molar-refractivity contribution in [2.24, 2.45) is 0 Å². The summed E-state index contributed by atoms with van der Waals surface area (Å²) in [6.07, 6.45) is 1.55. The molecule has 0 bridgehead atoms. The van der Waals surface area contributed by atoms with E-state index in [1.807, 2.05) is 24.3 Å². The number of fused-ring (bicyclic) bond motifs is 1. The molecule has 2 aliphatic rings. The highest BCUT2D eigenvalue weighted by molar-refractivity contribution is 6.00. The highest BCUT2D eigenvalue weighted by Gasteiger charge is 2.43. The van der Waals surface area contributed by atoms with Crippen LogP contribution in [0.3, 0.4) is 0 Å². The zero-order chi connectivity index (χ0) is 19.6. The molecule has 0 saturated carbocycles. The molecule has 0 atom stereocenters. The maximum Gasteiger partial charge on any atom is 0.251 e. The predicted octanol–water partition coefficient (Wildman–Crippen LogP) is 2.44. The maximum absolute atomic E-state index is 12.5. The van der Waals surface area contributed by atoms with Crippen molar-refractivity contribution in [2.45, 2.75) is 24.9 Å². The van der Waals surface area contributed by atoms with E-state index in [1.165, 1.54) is 0 Å². The van der Waals surface area contributed by atoms with E-state index >= 15 is 0 Å². The summed E-state index contributed by atoms with van der Waals surface area (Å²) in [5, 5.41) is 2.67. The number of nitrogens with zero attached hydrogens (tertiary/aromatic N) is 1. The van der Waals surface area contributed by atoms with Crippen molar-refractivity contribution in [1.82, 2.24) is 10.2 Å². The highest BCUT2D eigenvalue weighted by atomic mass is 16.5. The summed E-state index contributed by atoms with van der Waals surface area (Å²) in [7, 11) is 0. The second-order valence-corrected chi connectivity index (χ2v) is 7.31. The Labute approximate surface area is 163 Å². The van der Waals surface area contributed by atoms with Crippen LogP contribution in [0.5, 0.6) is 5.75 Å². The fourth-order valence-electron chi connectivity index (χ4n) is 3.84. The third-order valence-corrected chi connectivity index (χ3v) is 5.46. The number of piperidine rings is 1. The van der Waals surface area contributed by atoms with Gasteiger partial charge >= 0.3 is 0 Å². The number of ether oxygens (including phenoxy) is 1. The SMILES string of the molecule is O=C(NCC(=O)N1CCC2(CC1)CC(=O)c1ccccc1O2)c1ccccc1. The lowest BCUT2D eigenvalue weighted by molar-refractivity contribution is -0.133. The van der Waals surface area contributed by atoms with Crippen LogP contribution in [0.25, 0.3) is 0 Å². The topological polar surface area (TPSA) is 75.7 Å². The van der Waals surface area contributed by atoms with Crippen molar-refractivity contribution in [1.29, 1.82) is 0 Å². The zero-order valence-electron chi connectivity index (χ0n) is 15.5. The Balaban J connectivity index is 1.32. The lowest BCUT2D eigenvalue weighted by Crippen LogP contribution is -2.53. The second-order valence-electron chi connectivity index (χ2n) is 7.31. The van der Waals surface area contributed by atoms with Crippen molar-refractivity contribution >= 4 is 17.6 Å². The van der Waals surface area contributed by atoms with Crippen LogP contribution < -0.4 is 10.1 Å². The summed E-state index contributed by atoms with van der Waals surface area (Å²) in [4.78, 5) is 38.8. The number of nitrogens with one attached hydrogen (secondary N) is 1. The number of likely N-dealkylation sites (tertiary alicyclic amines) is 1. The minimum absolute atomic E-state index is 0.0383.